The number of pyridine rings is 1. The van der Waals surface area contributed by atoms with Crippen molar-refractivity contribution < 1.29 is 13.9 Å². The van der Waals surface area contributed by atoms with Crippen LogP contribution < -0.4 is 5.32 Å². The van der Waals surface area contributed by atoms with E-state index < -0.39 is 17.8 Å². The number of carbonyl (C=O) groups excluding carboxylic acids is 1. The van der Waals surface area contributed by atoms with Gasteiger partial charge in [0.25, 0.3) is 0 Å². The van der Waals surface area contributed by atoms with Gasteiger partial charge in [0.1, 0.15) is 5.82 Å². The number of carbonyl (C=O) groups is 1. The van der Waals surface area contributed by atoms with Gasteiger partial charge >= 0.3 is 5.97 Å². The number of aromatic nitrogens is 1. The van der Waals surface area contributed by atoms with E-state index in [2.05, 4.69) is 10.3 Å². The van der Waals surface area contributed by atoms with E-state index in [0.717, 1.165) is 5.56 Å². The highest BCUT2D eigenvalue weighted by molar-refractivity contribution is 5.81. The molecule has 0 aliphatic rings. The lowest BCUT2D eigenvalue weighted by Crippen LogP contribution is -2.24. The van der Waals surface area contributed by atoms with Crippen molar-refractivity contribution in [1.29, 1.82) is 0 Å². The number of ether oxygens (including phenoxy) is 1. The van der Waals surface area contributed by atoms with Crippen molar-refractivity contribution in [3.63, 3.8) is 0 Å². The molecule has 110 valence electrons. The molecule has 0 radical (unpaired) electrons. The molecule has 1 unspecified atom stereocenters. The van der Waals surface area contributed by atoms with Crippen LogP contribution >= 0.6 is 0 Å². The van der Waals surface area contributed by atoms with Gasteiger partial charge in [0.2, 0.25) is 0 Å². The molecule has 0 fully saturated rings. The lowest BCUT2D eigenvalue weighted by molar-refractivity contribution is -0.144. The number of benzene rings is 1. The summed E-state index contributed by atoms with van der Waals surface area (Å²) in [5, 5.41) is 2.90. The smallest absolute Gasteiger partial charge is 0.333 e. The summed E-state index contributed by atoms with van der Waals surface area (Å²) in [5.74, 6) is -0.884. The van der Waals surface area contributed by atoms with E-state index in [1.165, 1.54) is 6.07 Å². The Bertz CT molecular complexity index is 631. The van der Waals surface area contributed by atoms with Gasteiger partial charge < -0.3 is 10.1 Å². The SMILES string of the molecule is CCOC(=O)C(Nc1ccccc1F)c1cnccc1C. The van der Waals surface area contributed by atoms with Crippen molar-refractivity contribution in [2.45, 2.75) is 19.9 Å². The van der Waals surface area contributed by atoms with Gasteiger partial charge in [-0.05, 0) is 37.6 Å². The summed E-state index contributed by atoms with van der Waals surface area (Å²) in [6.07, 6.45) is 3.23. The summed E-state index contributed by atoms with van der Waals surface area (Å²) >= 11 is 0. The largest absolute Gasteiger partial charge is 0.464 e. The Hall–Kier alpha value is -2.43. The van der Waals surface area contributed by atoms with E-state index in [1.807, 2.05) is 6.92 Å². The lowest BCUT2D eigenvalue weighted by atomic mass is 10.0. The third-order valence-electron chi connectivity index (χ3n) is 3.09. The van der Waals surface area contributed by atoms with Crippen molar-refractivity contribution in [1.82, 2.24) is 4.98 Å². The first kappa shape index (κ1) is 15.0. The summed E-state index contributed by atoms with van der Waals surface area (Å²) in [4.78, 5) is 16.2. The van der Waals surface area contributed by atoms with Gasteiger partial charge in [-0.3, -0.25) is 4.98 Å². The summed E-state index contributed by atoms with van der Waals surface area (Å²) in [5.41, 5.74) is 1.80. The van der Waals surface area contributed by atoms with Crippen molar-refractivity contribution in [3.05, 3.63) is 59.7 Å². The summed E-state index contributed by atoms with van der Waals surface area (Å²) < 4.78 is 18.9. The number of rotatable bonds is 5. The molecule has 5 heteroatoms. The third-order valence-corrected chi connectivity index (χ3v) is 3.09. The number of para-hydroxylation sites is 1. The fraction of sp³-hybridized carbons (Fsp3) is 0.250. The van der Waals surface area contributed by atoms with Crippen molar-refractivity contribution in [2.24, 2.45) is 0 Å². The van der Waals surface area contributed by atoms with Crippen LogP contribution in [0.15, 0.2) is 42.7 Å². The molecular weight excluding hydrogens is 271 g/mol. The Balaban J connectivity index is 2.36. The zero-order chi connectivity index (χ0) is 15.2. The number of nitrogens with one attached hydrogen (secondary N) is 1. The minimum atomic E-state index is -0.796. The second kappa shape index (κ2) is 6.83. The number of nitrogens with zero attached hydrogens (tertiary/aromatic N) is 1. The number of aryl methyl sites for hydroxylation is 1. The second-order valence-electron chi connectivity index (χ2n) is 4.54. The van der Waals surface area contributed by atoms with Crippen LogP contribution in [-0.4, -0.2) is 17.6 Å². The molecule has 1 aromatic heterocycles. The minimum Gasteiger partial charge on any atom is -0.464 e. The van der Waals surface area contributed by atoms with Gasteiger partial charge in [-0.1, -0.05) is 12.1 Å². The molecular formula is C16H17FN2O2. The first-order valence-corrected chi connectivity index (χ1v) is 6.71. The molecule has 0 bridgehead atoms. The Morgan fingerprint density at radius 2 is 2.14 bits per heavy atom. The van der Waals surface area contributed by atoms with E-state index >= 15 is 0 Å². The molecule has 1 atom stereocenters. The van der Waals surface area contributed by atoms with Crippen LogP contribution in [0.1, 0.15) is 24.1 Å². The van der Waals surface area contributed by atoms with Gasteiger partial charge in [0.15, 0.2) is 6.04 Å². The second-order valence-corrected chi connectivity index (χ2v) is 4.54. The van der Waals surface area contributed by atoms with Gasteiger partial charge in [-0.2, -0.15) is 0 Å². The standard InChI is InChI=1S/C16H17FN2O2/c1-3-21-16(20)15(12-10-18-9-8-11(12)2)19-14-7-5-4-6-13(14)17/h4-10,15,19H,3H2,1-2H3. The highest BCUT2D eigenvalue weighted by Crippen LogP contribution is 2.24. The lowest BCUT2D eigenvalue weighted by Gasteiger charge is -2.20. The quantitative estimate of drug-likeness (QED) is 0.858. The summed E-state index contributed by atoms with van der Waals surface area (Å²) in [6.45, 7) is 3.86. The average molecular weight is 288 g/mol. The maximum atomic E-state index is 13.8. The predicted octanol–water partition coefficient (Wildman–Crippen LogP) is 3.25. The molecule has 1 heterocycles. The Morgan fingerprint density at radius 3 is 2.81 bits per heavy atom. The van der Waals surface area contributed by atoms with Gasteiger partial charge in [-0.25, -0.2) is 9.18 Å². The molecule has 0 spiro atoms. The number of hydrogen-bond acceptors (Lipinski definition) is 4. The van der Waals surface area contributed by atoms with Crippen molar-refractivity contribution in [2.75, 3.05) is 11.9 Å². The van der Waals surface area contributed by atoms with Crippen LogP contribution in [0.3, 0.4) is 0 Å². The van der Waals surface area contributed by atoms with Crippen LogP contribution in [-0.2, 0) is 9.53 Å². The molecule has 0 saturated carbocycles. The highest BCUT2D eigenvalue weighted by atomic mass is 19.1. The van der Waals surface area contributed by atoms with Crippen LogP contribution in [0.5, 0.6) is 0 Å². The Labute approximate surface area is 123 Å². The van der Waals surface area contributed by atoms with Crippen LogP contribution in [0.25, 0.3) is 0 Å². The highest BCUT2D eigenvalue weighted by Gasteiger charge is 2.24. The van der Waals surface area contributed by atoms with E-state index in [0.29, 0.717) is 5.56 Å². The first-order chi connectivity index (χ1) is 10.1. The van der Waals surface area contributed by atoms with Gasteiger partial charge in [0, 0.05) is 18.0 Å². The molecule has 0 aliphatic heterocycles. The zero-order valence-electron chi connectivity index (χ0n) is 12.0. The third kappa shape index (κ3) is 3.56. The summed E-state index contributed by atoms with van der Waals surface area (Å²) in [7, 11) is 0. The molecule has 0 saturated heterocycles. The molecule has 1 N–H and O–H groups in total. The van der Waals surface area contributed by atoms with Crippen molar-refractivity contribution >= 4 is 11.7 Å². The minimum absolute atomic E-state index is 0.249. The van der Waals surface area contributed by atoms with Crippen LogP contribution in [0.4, 0.5) is 10.1 Å². The molecule has 21 heavy (non-hydrogen) atoms. The zero-order valence-corrected chi connectivity index (χ0v) is 12.0. The molecule has 0 amide bonds. The normalized spacial score (nSPS) is 11.8. The van der Waals surface area contributed by atoms with E-state index in [9.17, 15) is 9.18 Å². The Morgan fingerprint density at radius 1 is 1.38 bits per heavy atom. The molecule has 4 nitrogen and oxygen atoms in total. The fourth-order valence-electron chi connectivity index (χ4n) is 2.00. The van der Waals surface area contributed by atoms with Gasteiger partial charge in [-0.15, -0.1) is 0 Å². The molecule has 0 aliphatic carbocycles. The maximum Gasteiger partial charge on any atom is 0.333 e. The number of esters is 1. The van der Waals surface area contributed by atoms with Crippen LogP contribution in [0.2, 0.25) is 0 Å². The number of halogens is 1. The molecule has 2 rings (SSSR count). The number of anilines is 1. The summed E-state index contributed by atoms with van der Waals surface area (Å²) in [6, 6.07) is 7.20. The number of hydrogen-bond donors (Lipinski definition) is 1. The predicted molar refractivity (Wildman–Crippen MR) is 78.4 cm³/mol. The monoisotopic (exact) mass is 288 g/mol. The molecule has 1 aromatic carbocycles. The van der Waals surface area contributed by atoms with Gasteiger partial charge in [0.05, 0.1) is 12.3 Å². The first-order valence-electron chi connectivity index (χ1n) is 6.71. The van der Waals surface area contributed by atoms with Crippen LogP contribution in [0, 0.1) is 12.7 Å². The average Bonchev–Trinajstić information content (AvgIpc) is 2.48. The topological polar surface area (TPSA) is 51.2 Å². The van der Waals surface area contributed by atoms with E-state index in [-0.39, 0.29) is 12.3 Å². The van der Waals surface area contributed by atoms with E-state index in [4.69, 9.17) is 4.74 Å². The fourth-order valence-corrected chi connectivity index (χ4v) is 2.00. The van der Waals surface area contributed by atoms with Crippen molar-refractivity contribution in [3.8, 4) is 0 Å². The Kier molecular flexibility index (Phi) is 4.87. The van der Waals surface area contributed by atoms with E-state index in [1.54, 1.807) is 43.6 Å². The maximum absolute atomic E-state index is 13.8. The molecule has 2 aromatic rings.